The average Bonchev–Trinajstić information content (AvgIpc) is 3.31. The van der Waals surface area contributed by atoms with Crippen LogP contribution in [0.2, 0.25) is 5.02 Å². The fourth-order valence-electron chi connectivity index (χ4n) is 2.31. The Kier molecular flexibility index (Phi) is 4.96. The molecule has 1 aromatic carbocycles. The summed E-state index contributed by atoms with van der Waals surface area (Å²) in [6, 6.07) is 4.81. The Hall–Kier alpha value is -1.80. The van der Waals surface area contributed by atoms with E-state index in [0.29, 0.717) is 27.7 Å². The third-order valence-electron chi connectivity index (χ3n) is 3.81. The number of hydrogen-bond acceptors (Lipinski definition) is 5. The maximum absolute atomic E-state index is 13.8. The monoisotopic (exact) mass is 369 g/mol. The van der Waals surface area contributed by atoms with Gasteiger partial charge in [0.1, 0.15) is 5.82 Å². The molecule has 2 aromatic rings. The summed E-state index contributed by atoms with van der Waals surface area (Å²) in [5, 5.41) is 8.84. The molecule has 0 aliphatic heterocycles. The normalized spacial score (nSPS) is 14.0. The van der Waals surface area contributed by atoms with Crippen molar-refractivity contribution in [2.45, 2.75) is 30.6 Å². The fourth-order valence-corrected chi connectivity index (χ4v) is 3.48. The van der Waals surface area contributed by atoms with Crippen molar-refractivity contribution >= 4 is 35.2 Å². The zero-order valence-electron chi connectivity index (χ0n) is 13.1. The van der Waals surface area contributed by atoms with Gasteiger partial charge in [0.2, 0.25) is 11.9 Å². The third kappa shape index (κ3) is 3.64. The topological polar surface area (TPSA) is 77.0 Å². The van der Waals surface area contributed by atoms with E-state index in [1.54, 1.807) is 13.1 Å². The number of nitrogens with two attached hydrogens (primary N) is 1. The molecule has 0 spiro atoms. The minimum absolute atomic E-state index is 0.113. The molecule has 1 aromatic heterocycles. The summed E-state index contributed by atoms with van der Waals surface area (Å²) in [6.45, 7) is 0.113. The highest BCUT2D eigenvalue weighted by molar-refractivity contribution is 7.99. The highest BCUT2D eigenvalue weighted by Gasteiger charge is 2.29. The first kappa shape index (κ1) is 17.0. The first-order valence-corrected chi connectivity index (χ1v) is 8.83. The minimum atomic E-state index is -0.420. The lowest BCUT2D eigenvalue weighted by Gasteiger charge is -2.18. The third-order valence-corrected chi connectivity index (χ3v) is 5.09. The fraction of sp³-hybridized carbons (Fsp3) is 0.400. The molecular weight excluding hydrogens is 353 g/mol. The second kappa shape index (κ2) is 6.98. The standard InChI is InChI=1S/C15H17ClFN5OS/c1-21(7-10-11(16)3-2-4-12(10)17)13(23)8-24-15-20-19-14(18)22(15)9-5-6-9/h2-4,9H,5-8H2,1H3,(H2,18,19). The number of rotatable bonds is 6. The van der Waals surface area contributed by atoms with Gasteiger partial charge in [-0.3, -0.25) is 9.36 Å². The Morgan fingerprint density at radius 1 is 1.50 bits per heavy atom. The molecule has 3 rings (SSSR count). The van der Waals surface area contributed by atoms with E-state index in [1.807, 2.05) is 4.57 Å². The Morgan fingerprint density at radius 2 is 2.25 bits per heavy atom. The van der Waals surface area contributed by atoms with Crippen LogP contribution in [0.15, 0.2) is 23.4 Å². The molecular formula is C15H17ClFN5OS. The first-order valence-electron chi connectivity index (χ1n) is 7.47. The number of nitrogens with zero attached hydrogens (tertiary/aromatic N) is 4. The van der Waals surface area contributed by atoms with Gasteiger partial charge in [-0.1, -0.05) is 29.4 Å². The maximum atomic E-state index is 13.8. The number of halogens is 2. The lowest BCUT2D eigenvalue weighted by atomic mass is 10.2. The van der Waals surface area contributed by atoms with Gasteiger partial charge >= 0.3 is 0 Å². The Bertz CT molecular complexity index is 744. The number of aromatic nitrogens is 3. The van der Waals surface area contributed by atoms with E-state index in [2.05, 4.69) is 10.2 Å². The van der Waals surface area contributed by atoms with E-state index in [0.717, 1.165) is 12.8 Å². The van der Waals surface area contributed by atoms with Crippen LogP contribution in [0, 0.1) is 5.82 Å². The summed E-state index contributed by atoms with van der Waals surface area (Å²) >= 11 is 7.28. The van der Waals surface area contributed by atoms with Crippen LogP contribution in [0.25, 0.3) is 0 Å². The first-order chi connectivity index (χ1) is 11.5. The minimum Gasteiger partial charge on any atom is -0.368 e. The largest absolute Gasteiger partial charge is 0.368 e. The van der Waals surface area contributed by atoms with Crippen LogP contribution >= 0.6 is 23.4 Å². The molecule has 0 atom stereocenters. The number of thioether (sulfide) groups is 1. The van der Waals surface area contributed by atoms with Crippen LogP contribution < -0.4 is 5.73 Å². The molecule has 128 valence electrons. The molecule has 1 aliphatic rings. The van der Waals surface area contributed by atoms with Crippen LogP contribution in [0.4, 0.5) is 10.3 Å². The molecule has 0 saturated heterocycles. The number of carbonyl (C=O) groups excluding carboxylic acids is 1. The molecule has 1 heterocycles. The molecule has 2 N–H and O–H groups in total. The highest BCUT2D eigenvalue weighted by atomic mass is 35.5. The molecule has 1 fully saturated rings. The van der Waals surface area contributed by atoms with Crippen molar-refractivity contribution in [3.63, 3.8) is 0 Å². The molecule has 24 heavy (non-hydrogen) atoms. The quantitative estimate of drug-likeness (QED) is 0.792. The van der Waals surface area contributed by atoms with Gasteiger partial charge in [0.05, 0.1) is 5.75 Å². The van der Waals surface area contributed by atoms with Crippen LogP contribution in [0.3, 0.4) is 0 Å². The van der Waals surface area contributed by atoms with Gasteiger partial charge < -0.3 is 10.6 Å². The SMILES string of the molecule is CN(Cc1c(F)cccc1Cl)C(=O)CSc1nnc(N)n1C1CC1. The lowest BCUT2D eigenvalue weighted by molar-refractivity contribution is -0.127. The van der Waals surface area contributed by atoms with Crippen LogP contribution in [-0.4, -0.2) is 38.4 Å². The summed E-state index contributed by atoms with van der Waals surface area (Å²) in [7, 11) is 1.62. The number of benzene rings is 1. The average molecular weight is 370 g/mol. The van der Waals surface area contributed by atoms with E-state index < -0.39 is 5.82 Å². The summed E-state index contributed by atoms with van der Waals surface area (Å²) in [5.74, 6) is -0.0220. The van der Waals surface area contributed by atoms with Crippen LogP contribution in [0.5, 0.6) is 0 Å². The number of amides is 1. The van der Waals surface area contributed by atoms with E-state index in [1.165, 1.54) is 28.8 Å². The van der Waals surface area contributed by atoms with Gasteiger partial charge in [-0.25, -0.2) is 4.39 Å². The van der Waals surface area contributed by atoms with Crippen molar-refractivity contribution in [2.75, 3.05) is 18.5 Å². The molecule has 1 aliphatic carbocycles. The second-order valence-electron chi connectivity index (χ2n) is 5.68. The molecule has 1 amide bonds. The van der Waals surface area contributed by atoms with Crippen molar-refractivity contribution in [3.8, 4) is 0 Å². The van der Waals surface area contributed by atoms with Gasteiger partial charge in [-0.05, 0) is 25.0 Å². The zero-order chi connectivity index (χ0) is 17.3. The van der Waals surface area contributed by atoms with Crippen LogP contribution in [0.1, 0.15) is 24.4 Å². The second-order valence-corrected chi connectivity index (χ2v) is 7.03. The van der Waals surface area contributed by atoms with Gasteiger partial charge in [0.25, 0.3) is 0 Å². The molecule has 1 saturated carbocycles. The molecule has 0 radical (unpaired) electrons. The van der Waals surface area contributed by atoms with Crippen molar-refractivity contribution in [1.82, 2.24) is 19.7 Å². The van der Waals surface area contributed by atoms with Gasteiger partial charge in [0.15, 0.2) is 5.16 Å². The summed E-state index contributed by atoms with van der Waals surface area (Å²) < 4.78 is 15.7. The number of carbonyl (C=O) groups is 1. The van der Waals surface area contributed by atoms with E-state index >= 15 is 0 Å². The summed E-state index contributed by atoms with van der Waals surface area (Å²) in [6.07, 6.45) is 2.10. The molecule has 0 unspecified atom stereocenters. The van der Waals surface area contributed by atoms with E-state index in [9.17, 15) is 9.18 Å². The number of hydrogen-bond donors (Lipinski definition) is 1. The molecule has 6 nitrogen and oxygen atoms in total. The van der Waals surface area contributed by atoms with Crippen molar-refractivity contribution in [1.29, 1.82) is 0 Å². The summed E-state index contributed by atoms with van der Waals surface area (Å²) in [5.41, 5.74) is 6.12. The number of anilines is 1. The predicted octanol–water partition coefficient (Wildman–Crippen LogP) is 2.74. The van der Waals surface area contributed by atoms with Gasteiger partial charge in [-0.15, -0.1) is 10.2 Å². The molecule has 0 bridgehead atoms. The van der Waals surface area contributed by atoms with Gasteiger partial charge in [-0.2, -0.15) is 0 Å². The maximum Gasteiger partial charge on any atom is 0.233 e. The highest BCUT2D eigenvalue weighted by Crippen LogP contribution is 2.39. The van der Waals surface area contributed by atoms with Crippen LogP contribution in [-0.2, 0) is 11.3 Å². The Balaban J connectivity index is 1.61. The van der Waals surface area contributed by atoms with E-state index in [4.69, 9.17) is 17.3 Å². The lowest BCUT2D eigenvalue weighted by Crippen LogP contribution is -2.28. The Labute approximate surface area is 148 Å². The molecule has 9 heteroatoms. The van der Waals surface area contributed by atoms with Crippen molar-refractivity contribution < 1.29 is 9.18 Å². The summed E-state index contributed by atoms with van der Waals surface area (Å²) in [4.78, 5) is 13.7. The zero-order valence-corrected chi connectivity index (χ0v) is 14.6. The Morgan fingerprint density at radius 3 is 2.92 bits per heavy atom. The number of nitrogen functional groups attached to an aromatic ring is 1. The smallest absolute Gasteiger partial charge is 0.233 e. The van der Waals surface area contributed by atoms with E-state index in [-0.39, 0.29) is 18.2 Å². The van der Waals surface area contributed by atoms with Gasteiger partial charge in [0, 0.05) is 30.2 Å². The van der Waals surface area contributed by atoms with Crippen molar-refractivity contribution in [3.05, 3.63) is 34.6 Å². The predicted molar refractivity (Wildman–Crippen MR) is 91.3 cm³/mol. The van der Waals surface area contributed by atoms with Crippen molar-refractivity contribution in [2.24, 2.45) is 0 Å².